The van der Waals surface area contributed by atoms with Gasteiger partial charge in [-0.1, -0.05) is 24.3 Å². The molecule has 110 valence electrons. The third kappa shape index (κ3) is 1.74. The predicted molar refractivity (Wildman–Crippen MR) is 73.9 cm³/mol. The number of hydrogen-bond acceptors (Lipinski definition) is 6. The number of ketones is 1. The molecule has 1 saturated heterocycles. The molecular formula is C16H11NO5. The van der Waals surface area contributed by atoms with E-state index in [-0.39, 0.29) is 12.3 Å². The Labute approximate surface area is 125 Å². The van der Waals surface area contributed by atoms with Crippen LogP contribution in [0.15, 0.2) is 59.3 Å². The summed E-state index contributed by atoms with van der Waals surface area (Å²) in [6, 6.07) is 0. The molecule has 0 radical (unpaired) electrons. The Morgan fingerprint density at radius 3 is 2.50 bits per heavy atom. The third-order valence-electron chi connectivity index (χ3n) is 3.94. The molecule has 4 aliphatic rings. The van der Waals surface area contributed by atoms with E-state index in [0.29, 0.717) is 16.7 Å². The molecule has 4 rings (SSSR count). The highest BCUT2D eigenvalue weighted by molar-refractivity contribution is 6.00. The summed E-state index contributed by atoms with van der Waals surface area (Å²) in [7, 11) is 0. The van der Waals surface area contributed by atoms with E-state index < -0.39 is 23.8 Å². The summed E-state index contributed by atoms with van der Waals surface area (Å²) in [5.41, 5.74) is 1.87. The van der Waals surface area contributed by atoms with Crippen LogP contribution >= 0.6 is 0 Å². The van der Waals surface area contributed by atoms with Crippen LogP contribution in [0.1, 0.15) is 0 Å². The average Bonchev–Trinajstić information content (AvgIpc) is 2.75. The van der Waals surface area contributed by atoms with Crippen molar-refractivity contribution >= 4 is 17.7 Å². The van der Waals surface area contributed by atoms with E-state index >= 15 is 0 Å². The summed E-state index contributed by atoms with van der Waals surface area (Å²) in [5, 5.41) is 2.91. The second-order valence-corrected chi connectivity index (χ2v) is 5.27. The molecular weight excluding hydrogens is 286 g/mol. The molecule has 22 heavy (non-hydrogen) atoms. The molecule has 6 heteroatoms. The van der Waals surface area contributed by atoms with Crippen molar-refractivity contribution in [2.75, 3.05) is 6.54 Å². The number of carbonyl (C=O) groups is 3. The van der Waals surface area contributed by atoms with E-state index in [1.807, 2.05) is 0 Å². The lowest BCUT2D eigenvalue weighted by Crippen LogP contribution is -2.49. The minimum atomic E-state index is -1.67. The first kappa shape index (κ1) is 13.0. The normalized spacial score (nSPS) is 28.1. The topological polar surface area (TPSA) is 81.7 Å². The van der Waals surface area contributed by atoms with Crippen LogP contribution in [0.3, 0.4) is 0 Å². The summed E-state index contributed by atoms with van der Waals surface area (Å²) < 4.78 is 10.7. The SMILES string of the molecule is O=C1C=CC(=O)OC2(NCC3=CC(=O)C4C=CC=CC4=C32)O1. The summed E-state index contributed by atoms with van der Waals surface area (Å²) in [5.74, 6) is -3.53. The quantitative estimate of drug-likeness (QED) is 0.654. The van der Waals surface area contributed by atoms with Gasteiger partial charge >= 0.3 is 17.8 Å². The summed E-state index contributed by atoms with van der Waals surface area (Å²) in [6.07, 6.45) is 10.7. The highest BCUT2D eigenvalue weighted by atomic mass is 16.8. The molecule has 1 unspecified atom stereocenters. The Morgan fingerprint density at radius 1 is 1.05 bits per heavy atom. The Bertz CT molecular complexity index is 745. The van der Waals surface area contributed by atoms with Crippen LogP contribution in [-0.2, 0) is 23.9 Å². The van der Waals surface area contributed by atoms with E-state index in [1.165, 1.54) is 6.08 Å². The number of carbonyl (C=O) groups excluding carboxylic acids is 3. The van der Waals surface area contributed by atoms with E-state index in [1.54, 1.807) is 24.3 Å². The van der Waals surface area contributed by atoms with Crippen molar-refractivity contribution in [1.29, 1.82) is 0 Å². The van der Waals surface area contributed by atoms with Gasteiger partial charge in [0, 0.05) is 18.7 Å². The first-order valence-electron chi connectivity index (χ1n) is 6.82. The molecule has 0 aromatic rings. The second kappa shape index (κ2) is 4.38. The van der Waals surface area contributed by atoms with Crippen molar-refractivity contribution in [3.05, 3.63) is 59.3 Å². The Balaban J connectivity index is 1.90. The summed E-state index contributed by atoms with van der Waals surface area (Å²) in [4.78, 5) is 35.7. The lowest BCUT2D eigenvalue weighted by molar-refractivity contribution is -0.211. The second-order valence-electron chi connectivity index (χ2n) is 5.27. The van der Waals surface area contributed by atoms with Crippen molar-refractivity contribution in [1.82, 2.24) is 5.32 Å². The van der Waals surface area contributed by atoms with Crippen molar-refractivity contribution in [3.63, 3.8) is 0 Å². The average molecular weight is 297 g/mol. The minimum absolute atomic E-state index is 0.0439. The van der Waals surface area contributed by atoms with E-state index in [0.717, 1.165) is 12.2 Å². The first-order chi connectivity index (χ1) is 10.6. The molecule has 0 bridgehead atoms. The maximum absolute atomic E-state index is 12.2. The lowest BCUT2D eigenvalue weighted by Gasteiger charge is -2.32. The van der Waals surface area contributed by atoms with Gasteiger partial charge in [-0.05, 0) is 17.2 Å². The van der Waals surface area contributed by atoms with E-state index in [2.05, 4.69) is 5.32 Å². The first-order valence-corrected chi connectivity index (χ1v) is 6.82. The zero-order valence-corrected chi connectivity index (χ0v) is 11.4. The largest absolute Gasteiger partial charge is 0.401 e. The maximum Gasteiger partial charge on any atom is 0.347 e. The van der Waals surface area contributed by atoms with Crippen LogP contribution in [-0.4, -0.2) is 30.2 Å². The van der Waals surface area contributed by atoms with Gasteiger partial charge in [0.1, 0.15) is 0 Å². The lowest BCUT2D eigenvalue weighted by atomic mass is 9.80. The predicted octanol–water partition coefficient (Wildman–Crippen LogP) is 0.447. The van der Waals surface area contributed by atoms with Crippen LogP contribution in [0.2, 0.25) is 0 Å². The molecule has 0 aromatic carbocycles. The molecule has 1 fully saturated rings. The molecule has 1 atom stereocenters. The number of ether oxygens (including phenoxy) is 2. The van der Waals surface area contributed by atoms with Gasteiger partial charge in [-0.25, -0.2) is 14.9 Å². The van der Waals surface area contributed by atoms with Gasteiger partial charge in [-0.3, -0.25) is 4.79 Å². The molecule has 6 nitrogen and oxygen atoms in total. The minimum Gasteiger partial charge on any atom is -0.401 e. The van der Waals surface area contributed by atoms with Crippen LogP contribution in [0.5, 0.6) is 0 Å². The molecule has 0 saturated carbocycles. The van der Waals surface area contributed by atoms with Crippen molar-refractivity contribution < 1.29 is 23.9 Å². The fourth-order valence-corrected chi connectivity index (χ4v) is 3.07. The van der Waals surface area contributed by atoms with Crippen LogP contribution in [0.25, 0.3) is 0 Å². The monoisotopic (exact) mass is 297 g/mol. The molecule has 2 aliphatic carbocycles. The van der Waals surface area contributed by atoms with Gasteiger partial charge in [-0.15, -0.1) is 0 Å². The Kier molecular flexibility index (Phi) is 2.58. The van der Waals surface area contributed by atoms with Gasteiger partial charge in [-0.2, -0.15) is 0 Å². The highest BCUT2D eigenvalue weighted by Crippen LogP contribution is 2.43. The van der Waals surface area contributed by atoms with Gasteiger partial charge in [0.05, 0.1) is 11.5 Å². The Morgan fingerprint density at radius 2 is 1.77 bits per heavy atom. The van der Waals surface area contributed by atoms with Crippen molar-refractivity contribution in [2.24, 2.45) is 5.92 Å². The van der Waals surface area contributed by atoms with Crippen molar-refractivity contribution in [3.8, 4) is 0 Å². The van der Waals surface area contributed by atoms with Crippen LogP contribution in [0, 0.1) is 5.92 Å². The van der Waals surface area contributed by atoms with Gasteiger partial charge in [0.2, 0.25) is 0 Å². The number of fused-ring (bicyclic) bond motifs is 3. The number of allylic oxidation sites excluding steroid dienone is 6. The number of nitrogens with one attached hydrogen (secondary N) is 1. The number of esters is 2. The fraction of sp³-hybridized carbons (Fsp3) is 0.188. The maximum atomic E-state index is 12.2. The van der Waals surface area contributed by atoms with Crippen LogP contribution in [0.4, 0.5) is 0 Å². The van der Waals surface area contributed by atoms with Crippen molar-refractivity contribution in [2.45, 2.75) is 5.91 Å². The number of hydrogen-bond donors (Lipinski definition) is 1. The van der Waals surface area contributed by atoms with Gasteiger partial charge < -0.3 is 9.47 Å². The smallest absolute Gasteiger partial charge is 0.347 e. The van der Waals surface area contributed by atoms with E-state index in [4.69, 9.17) is 9.47 Å². The van der Waals surface area contributed by atoms with Crippen LogP contribution < -0.4 is 5.32 Å². The zero-order chi connectivity index (χ0) is 15.3. The molecule has 1 spiro atoms. The Hall–Kier alpha value is -2.73. The van der Waals surface area contributed by atoms with E-state index in [9.17, 15) is 14.4 Å². The standard InChI is InChI=1S/C16H11NO5/c18-12-7-9-8-17-16(21-13(19)5-6-14(20)22-16)15(9)11-4-2-1-3-10(11)12/h1-7,10,17H,8H2. The summed E-state index contributed by atoms with van der Waals surface area (Å²) in [6.45, 7) is 0.273. The highest BCUT2D eigenvalue weighted by Gasteiger charge is 2.53. The summed E-state index contributed by atoms with van der Waals surface area (Å²) >= 11 is 0. The zero-order valence-electron chi connectivity index (χ0n) is 11.4. The molecule has 0 aromatic heterocycles. The van der Waals surface area contributed by atoms with Gasteiger partial charge in [0.15, 0.2) is 5.78 Å². The van der Waals surface area contributed by atoms with Gasteiger partial charge in [0.25, 0.3) is 0 Å². The molecule has 2 aliphatic heterocycles. The third-order valence-corrected chi connectivity index (χ3v) is 3.94. The number of rotatable bonds is 0. The molecule has 2 heterocycles. The fourth-order valence-electron chi connectivity index (χ4n) is 3.07. The molecule has 1 N–H and O–H groups in total. The molecule has 0 amide bonds.